The maximum atomic E-state index is 13.0. The standard InChI is InChI=1S/C26H28F3N5O3S/c1-15(23-16(2)31-34(25(23)37)18-7-5-17(6-8-18)26(27,28)29)30-13-20(35)21-9-10-22(38-21)24(36)33-12-11-19(14-33)32(3)4/h5-10,19,31H,11-14H2,1-4H3. The summed E-state index contributed by atoms with van der Waals surface area (Å²) in [6.07, 6.45) is -3.57. The van der Waals surface area contributed by atoms with Crippen LogP contribution in [0.2, 0.25) is 0 Å². The summed E-state index contributed by atoms with van der Waals surface area (Å²) >= 11 is 1.13. The maximum Gasteiger partial charge on any atom is 0.416 e. The van der Waals surface area contributed by atoms with E-state index >= 15 is 0 Å². The van der Waals surface area contributed by atoms with Gasteiger partial charge in [0.15, 0.2) is 5.78 Å². The molecule has 2 aromatic heterocycles. The first-order valence-electron chi connectivity index (χ1n) is 12.0. The van der Waals surface area contributed by atoms with Crippen molar-refractivity contribution in [3.63, 3.8) is 0 Å². The zero-order valence-electron chi connectivity index (χ0n) is 21.4. The van der Waals surface area contributed by atoms with E-state index < -0.39 is 17.3 Å². The number of Topliss-reactive ketones (excluding diaryl/α,β-unsaturated/α-hetero) is 1. The van der Waals surface area contributed by atoms with Crippen molar-refractivity contribution in [3.05, 3.63) is 73.3 Å². The molecule has 8 nitrogen and oxygen atoms in total. The van der Waals surface area contributed by atoms with Crippen molar-refractivity contribution in [1.29, 1.82) is 0 Å². The van der Waals surface area contributed by atoms with Gasteiger partial charge in [-0.2, -0.15) is 13.2 Å². The zero-order valence-corrected chi connectivity index (χ0v) is 22.2. The molecular formula is C26H28F3N5O3S. The van der Waals surface area contributed by atoms with Gasteiger partial charge in [0, 0.05) is 30.5 Å². The van der Waals surface area contributed by atoms with E-state index in [1.54, 1.807) is 30.9 Å². The lowest BCUT2D eigenvalue weighted by atomic mass is 10.1. The summed E-state index contributed by atoms with van der Waals surface area (Å²) in [5.74, 6) is -0.373. The molecular weight excluding hydrogens is 519 g/mol. The predicted molar refractivity (Wildman–Crippen MR) is 140 cm³/mol. The van der Waals surface area contributed by atoms with Gasteiger partial charge in [-0.15, -0.1) is 11.3 Å². The van der Waals surface area contributed by atoms with E-state index in [0.717, 1.165) is 34.6 Å². The number of likely N-dealkylation sites (N-methyl/N-ethyl adjacent to an activating group) is 1. The molecule has 3 heterocycles. The van der Waals surface area contributed by atoms with E-state index in [-0.39, 0.29) is 29.5 Å². The highest BCUT2D eigenvalue weighted by atomic mass is 32.1. The number of aromatic nitrogens is 2. The van der Waals surface area contributed by atoms with Crippen LogP contribution in [0.25, 0.3) is 5.69 Å². The number of nitrogens with one attached hydrogen (secondary N) is 1. The maximum absolute atomic E-state index is 13.0. The quantitative estimate of drug-likeness (QED) is 0.357. The number of aryl methyl sites for hydroxylation is 1. The highest BCUT2D eigenvalue weighted by molar-refractivity contribution is 7.16. The molecule has 3 aromatic rings. The number of hydrogen-bond donors (Lipinski definition) is 1. The summed E-state index contributed by atoms with van der Waals surface area (Å²) in [4.78, 5) is 47.7. The first-order valence-corrected chi connectivity index (χ1v) is 12.8. The van der Waals surface area contributed by atoms with Gasteiger partial charge in [0.05, 0.1) is 26.6 Å². The van der Waals surface area contributed by atoms with Gasteiger partial charge >= 0.3 is 6.18 Å². The van der Waals surface area contributed by atoms with Crippen LogP contribution in [0.3, 0.4) is 0 Å². The minimum Gasteiger partial charge on any atom is -0.336 e. The Kier molecular flexibility index (Phi) is 7.75. The van der Waals surface area contributed by atoms with Crippen molar-refractivity contribution in [1.82, 2.24) is 19.6 Å². The van der Waals surface area contributed by atoms with E-state index in [1.165, 1.54) is 12.1 Å². The average molecular weight is 548 g/mol. The fourth-order valence-corrected chi connectivity index (χ4v) is 5.31. The van der Waals surface area contributed by atoms with Gasteiger partial charge in [-0.1, -0.05) is 0 Å². The monoisotopic (exact) mass is 547 g/mol. The molecule has 1 aliphatic rings. The second kappa shape index (κ2) is 10.7. The van der Waals surface area contributed by atoms with Crippen LogP contribution in [-0.4, -0.2) is 76.8 Å². The molecule has 1 atom stereocenters. The third-order valence-electron chi connectivity index (χ3n) is 6.62. The second-order valence-corrected chi connectivity index (χ2v) is 10.5. The number of alkyl halides is 3. The molecule has 0 aliphatic carbocycles. The number of aliphatic imine (C=N–C) groups is 1. The fraction of sp³-hybridized carbons (Fsp3) is 0.385. The first-order chi connectivity index (χ1) is 17.9. The molecule has 1 N–H and O–H groups in total. The summed E-state index contributed by atoms with van der Waals surface area (Å²) in [6, 6.07) is 7.81. The number of aromatic amines is 1. The number of rotatable bonds is 7. The Bertz CT molecular complexity index is 1430. The topological polar surface area (TPSA) is 90.8 Å². The van der Waals surface area contributed by atoms with Gasteiger partial charge in [0.25, 0.3) is 11.5 Å². The molecule has 1 amide bonds. The Morgan fingerprint density at radius 2 is 1.79 bits per heavy atom. The zero-order chi connectivity index (χ0) is 27.8. The van der Waals surface area contributed by atoms with Gasteiger partial charge in [-0.3, -0.25) is 24.5 Å². The average Bonchev–Trinajstić information content (AvgIpc) is 3.61. The lowest BCUT2D eigenvalue weighted by Crippen LogP contribution is -2.34. The largest absolute Gasteiger partial charge is 0.416 e. The van der Waals surface area contributed by atoms with Crippen LogP contribution >= 0.6 is 11.3 Å². The van der Waals surface area contributed by atoms with E-state index in [2.05, 4.69) is 15.0 Å². The van der Waals surface area contributed by atoms with Crippen LogP contribution in [-0.2, 0) is 6.18 Å². The van der Waals surface area contributed by atoms with Crippen LogP contribution in [0.4, 0.5) is 13.2 Å². The Labute approximate surface area is 221 Å². The van der Waals surface area contributed by atoms with E-state index in [0.29, 0.717) is 40.3 Å². The predicted octanol–water partition coefficient (Wildman–Crippen LogP) is 4.02. The van der Waals surface area contributed by atoms with Crippen molar-refractivity contribution in [2.45, 2.75) is 32.5 Å². The summed E-state index contributed by atoms with van der Waals surface area (Å²) in [6.45, 7) is 4.36. The summed E-state index contributed by atoms with van der Waals surface area (Å²) in [5.41, 5.74) is -0.0277. The highest BCUT2D eigenvalue weighted by Gasteiger charge is 2.31. The molecule has 0 radical (unpaired) electrons. The van der Waals surface area contributed by atoms with Crippen molar-refractivity contribution >= 4 is 28.7 Å². The van der Waals surface area contributed by atoms with Gasteiger partial charge in [-0.25, -0.2) is 4.68 Å². The molecule has 1 unspecified atom stereocenters. The lowest BCUT2D eigenvalue weighted by molar-refractivity contribution is -0.137. The van der Waals surface area contributed by atoms with Gasteiger partial charge < -0.3 is 9.80 Å². The number of amides is 1. The smallest absolute Gasteiger partial charge is 0.336 e. The van der Waals surface area contributed by atoms with Crippen LogP contribution in [0, 0.1) is 6.92 Å². The molecule has 12 heteroatoms. The van der Waals surface area contributed by atoms with Crippen LogP contribution in [0.5, 0.6) is 0 Å². The molecule has 1 fully saturated rings. The third kappa shape index (κ3) is 5.65. The Balaban J connectivity index is 1.46. The molecule has 0 bridgehead atoms. The lowest BCUT2D eigenvalue weighted by Gasteiger charge is -2.19. The number of nitrogens with zero attached hydrogens (tertiary/aromatic N) is 4. The number of thiophene rings is 1. The SMILES string of the molecule is CC(=NCC(=O)c1ccc(C(=O)N2CCC(N(C)C)C2)s1)c1c(C)[nH]n(-c2ccc(C(F)(F)F)cc2)c1=O. The number of carbonyl (C=O) groups is 2. The number of H-pyrrole nitrogens is 1. The van der Waals surface area contributed by atoms with Crippen molar-refractivity contribution in [3.8, 4) is 5.69 Å². The van der Waals surface area contributed by atoms with Crippen LogP contribution in [0.15, 0.2) is 46.2 Å². The molecule has 0 spiro atoms. The normalized spacial score (nSPS) is 16.5. The second-order valence-electron chi connectivity index (χ2n) is 9.44. The van der Waals surface area contributed by atoms with E-state index in [4.69, 9.17) is 0 Å². The number of ketones is 1. The fourth-order valence-electron chi connectivity index (χ4n) is 4.41. The van der Waals surface area contributed by atoms with Crippen molar-refractivity contribution in [2.24, 2.45) is 4.99 Å². The number of benzene rings is 1. The van der Waals surface area contributed by atoms with Crippen LogP contribution in [0.1, 0.15) is 49.5 Å². The number of likely N-dealkylation sites (tertiary alicyclic amines) is 1. The summed E-state index contributed by atoms with van der Waals surface area (Å²) in [5, 5.41) is 2.85. The molecule has 1 aromatic carbocycles. The number of halogens is 3. The van der Waals surface area contributed by atoms with E-state index in [1.807, 2.05) is 14.1 Å². The molecule has 1 aliphatic heterocycles. The third-order valence-corrected chi connectivity index (χ3v) is 7.73. The Morgan fingerprint density at radius 1 is 1.13 bits per heavy atom. The Morgan fingerprint density at radius 3 is 2.39 bits per heavy atom. The summed E-state index contributed by atoms with van der Waals surface area (Å²) < 4.78 is 39.7. The first kappa shape index (κ1) is 27.5. The molecule has 0 saturated carbocycles. The van der Waals surface area contributed by atoms with Crippen LogP contribution < -0.4 is 5.56 Å². The van der Waals surface area contributed by atoms with Gasteiger partial charge in [0.2, 0.25) is 0 Å². The Hall–Kier alpha value is -3.51. The minimum absolute atomic E-state index is 0.0927. The highest BCUT2D eigenvalue weighted by Crippen LogP contribution is 2.29. The van der Waals surface area contributed by atoms with E-state index in [9.17, 15) is 27.6 Å². The summed E-state index contributed by atoms with van der Waals surface area (Å²) in [7, 11) is 3.98. The molecule has 202 valence electrons. The van der Waals surface area contributed by atoms with Gasteiger partial charge in [-0.05, 0) is 70.8 Å². The number of carbonyl (C=O) groups excluding carboxylic acids is 2. The molecule has 4 rings (SSSR count). The number of hydrogen-bond acceptors (Lipinski definition) is 6. The molecule has 38 heavy (non-hydrogen) atoms. The molecule has 1 saturated heterocycles. The minimum atomic E-state index is -4.48. The van der Waals surface area contributed by atoms with Crippen molar-refractivity contribution < 1.29 is 22.8 Å². The van der Waals surface area contributed by atoms with Crippen molar-refractivity contribution in [2.75, 3.05) is 33.7 Å². The van der Waals surface area contributed by atoms with Gasteiger partial charge in [0.1, 0.15) is 6.54 Å².